The summed E-state index contributed by atoms with van der Waals surface area (Å²) in [6, 6.07) is 9.04. The van der Waals surface area contributed by atoms with Gasteiger partial charge in [0.15, 0.2) is 0 Å². The lowest BCUT2D eigenvalue weighted by Crippen LogP contribution is -2.31. The number of pyridine rings is 2. The van der Waals surface area contributed by atoms with E-state index in [-0.39, 0.29) is 12.1 Å². The predicted molar refractivity (Wildman–Crippen MR) is 90.5 cm³/mol. The first-order chi connectivity index (χ1) is 11.2. The van der Waals surface area contributed by atoms with Gasteiger partial charge in [0.2, 0.25) is 0 Å². The molecule has 2 aromatic rings. The molecule has 0 saturated carbocycles. The van der Waals surface area contributed by atoms with Crippen LogP contribution in [0.5, 0.6) is 0 Å². The maximum Gasteiger partial charge on any atom is 0.319 e. The van der Waals surface area contributed by atoms with Crippen molar-refractivity contribution in [3.05, 3.63) is 48.4 Å². The molecule has 3 rings (SSSR count). The van der Waals surface area contributed by atoms with E-state index in [1.807, 2.05) is 37.3 Å². The number of carbonyl (C=O) groups is 1. The molecule has 1 aliphatic rings. The molecule has 23 heavy (non-hydrogen) atoms. The van der Waals surface area contributed by atoms with Crippen LogP contribution in [-0.4, -0.2) is 29.1 Å². The highest BCUT2D eigenvalue weighted by Crippen LogP contribution is 2.19. The fourth-order valence-corrected chi connectivity index (χ4v) is 2.66. The number of hydrogen-bond acceptors (Lipinski definition) is 4. The van der Waals surface area contributed by atoms with Gasteiger partial charge < -0.3 is 15.5 Å². The topological polar surface area (TPSA) is 70.2 Å². The Balaban J connectivity index is 1.55. The molecule has 120 valence electrons. The van der Waals surface area contributed by atoms with Crippen LogP contribution >= 0.6 is 0 Å². The highest BCUT2D eigenvalue weighted by atomic mass is 16.2. The Morgan fingerprint density at radius 2 is 2.00 bits per heavy atom. The molecule has 0 radical (unpaired) electrons. The molecule has 0 bridgehead atoms. The van der Waals surface area contributed by atoms with Crippen molar-refractivity contribution in [1.82, 2.24) is 15.3 Å². The van der Waals surface area contributed by atoms with Crippen LogP contribution in [-0.2, 0) is 0 Å². The van der Waals surface area contributed by atoms with Crippen molar-refractivity contribution in [3.63, 3.8) is 0 Å². The molecule has 1 saturated heterocycles. The highest BCUT2D eigenvalue weighted by Gasteiger charge is 2.14. The largest absolute Gasteiger partial charge is 0.357 e. The van der Waals surface area contributed by atoms with Gasteiger partial charge in [-0.1, -0.05) is 6.07 Å². The molecule has 0 aliphatic carbocycles. The summed E-state index contributed by atoms with van der Waals surface area (Å²) in [5, 5.41) is 5.67. The van der Waals surface area contributed by atoms with E-state index in [9.17, 15) is 4.79 Å². The number of amides is 2. The van der Waals surface area contributed by atoms with Crippen LogP contribution in [0.3, 0.4) is 0 Å². The van der Waals surface area contributed by atoms with Crippen LogP contribution in [0, 0.1) is 0 Å². The average molecular weight is 311 g/mol. The first-order valence-corrected chi connectivity index (χ1v) is 7.92. The standard InChI is InChI=1S/C17H21N5O/c1-13(15-6-2-3-9-18-15)20-17(23)21-14-7-8-16(19-12-14)22-10-4-5-11-22/h2-3,6-9,12-13H,4-5,10-11H2,1H3,(H2,20,21,23)/t13-/m1/s1. The van der Waals surface area contributed by atoms with E-state index in [0.29, 0.717) is 5.69 Å². The van der Waals surface area contributed by atoms with Gasteiger partial charge in [0.1, 0.15) is 5.82 Å². The second kappa shape index (κ2) is 7.09. The number of carbonyl (C=O) groups excluding carboxylic acids is 1. The molecule has 1 atom stereocenters. The van der Waals surface area contributed by atoms with Gasteiger partial charge in [-0.15, -0.1) is 0 Å². The minimum atomic E-state index is -0.265. The Labute approximate surface area is 135 Å². The van der Waals surface area contributed by atoms with Gasteiger partial charge in [0.05, 0.1) is 23.6 Å². The van der Waals surface area contributed by atoms with E-state index < -0.39 is 0 Å². The number of nitrogens with zero attached hydrogens (tertiary/aromatic N) is 3. The van der Waals surface area contributed by atoms with E-state index in [2.05, 4.69) is 25.5 Å². The normalized spacial score (nSPS) is 15.3. The Hall–Kier alpha value is -2.63. The molecule has 1 fully saturated rings. The Morgan fingerprint density at radius 1 is 1.17 bits per heavy atom. The van der Waals surface area contributed by atoms with E-state index in [0.717, 1.165) is 24.6 Å². The van der Waals surface area contributed by atoms with Gasteiger partial charge in [0.25, 0.3) is 0 Å². The maximum atomic E-state index is 12.0. The lowest BCUT2D eigenvalue weighted by molar-refractivity contribution is 0.249. The Bertz CT molecular complexity index is 638. The summed E-state index contributed by atoms with van der Waals surface area (Å²) in [5.74, 6) is 0.968. The molecule has 0 unspecified atom stereocenters. The lowest BCUT2D eigenvalue weighted by Gasteiger charge is -2.17. The second-order valence-electron chi connectivity index (χ2n) is 5.67. The highest BCUT2D eigenvalue weighted by molar-refractivity contribution is 5.89. The molecule has 3 heterocycles. The summed E-state index contributed by atoms with van der Waals surface area (Å²) >= 11 is 0. The minimum Gasteiger partial charge on any atom is -0.357 e. The van der Waals surface area contributed by atoms with Gasteiger partial charge in [-0.2, -0.15) is 0 Å². The number of nitrogens with one attached hydrogen (secondary N) is 2. The third kappa shape index (κ3) is 3.97. The summed E-state index contributed by atoms with van der Waals surface area (Å²) in [6.45, 7) is 4.01. The average Bonchev–Trinajstić information content (AvgIpc) is 3.11. The molecule has 1 aliphatic heterocycles. The van der Waals surface area contributed by atoms with Crippen molar-refractivity contribution >= 4 is 17.5 Å². The van der Waals surface area contributed by atoms with Gasteiger partial charge >= 0.3 is 6.03 Å². The molecule has 2 amide bonds. The maximum absolute atomic E-state index is 12.0. The van der Waals surface area contributed by atoms with Crippen molar-refractivity contribution in [1.29, 1.82) is 0 Å². The number of urea groups is 1. The fourth-order valence-electron chi connectivity index (χ4n) is 2.66. The zero-order valence-corrected chi connectivity index (χ0v) is 13.2. The number of hydrogen-bond donors (Lipinski definition) is 2. The zero-order chi connectivity index (χ0) is 16.1. The van der Waals surface area contributed by atoms with E-state index in [4.69, 9.17) is 0 Å². The third-order valence-electron chi connectivity index (χ3n) is 3.91. The van der Waals surface area contributed by atoms with E-state index in [1.165, 1.54) is 12.8 Å². The van der Waals surface area contributed by atoms with Crippen molar-refractivity contribution in [2.24, 2.45) is 0 Å². The van der Waals surface area contributed by atoms with Crippen LogP contribution < -0.4 is 15.5 Å². The first-order valence-electron chi connectivity index (χ1n) is 7.92. The second-order valence-corrected chi connectivity index (χ2v) is 5.67. The summed E-state index contributed by atoms with van der Waals surface area (Å²) in [7, 11) is 0. The summed E-state index contributed by atoms with van der Waals surface area (Å²) in [6.07, 6.45) is 5.84. The van der Waals surface area contributed by atoms with Crippen LogP contribution in [0.2, 0.25) is 0 Å². The van der Waals surface area contributed by atoms with Crippen molar-refractivity contribution < 1.29 is 4.79 Å². The monoisotopic (exact) mass is 311 g/mol. The molecular weight excluding hydrogens is 290 g/mol. The summed E-state index contributed by atoms with van der Waals surface area (Å²) < 4.78 is 0. The van der Waals surface area contributed by atoms with E-state index >= 15 is 0 Å². The summed E-state index contributed by atoms with van der Waals surface area (Å²) in [5.41, 5.74) is 1.50. The van der Waals surface area contributed by atoms with Crippen molar-refractivity contribution in [3.8, 4) is 0 Å². The molecule has 2 aromatic heterocycles. The molecule has 0 aromatic carbocycles. The van der Waals surface area contributed by atoms with E-state index in [1.54, 1.807) is 12.4 Å². The molecule has 6 heteroatoms. The zero-order valence-electron chi connectivity index (χ0n) is 13.2. The van der Waals surface area contributed by atoms with Crippen molar-refractivity contribution in [2.45, 2.75) is 25.8 Å². The minimum absolute atomic E-state index is 0.159. The van der Waals surface area contributed by atoms with Crippen LogP contribution in [0.4, 0.5) is 16.3 Å². The van der Waals surface area contributed by atoms with Gasteiger partial charge in [-0.3, -0.25) is 4.98 Å². The molecule has 0 spiro atoms. The Morgan fingerprint density at radius 3 is 2.65 bits per heavy atom. The smallest absolute Gasteiger partial charge is 0.319 e. The van der Waals surface area contributed by atoms with Gasteiger partial charge in [0, 0.05) is 19.3 Å². The van der Waals surface area contributed by atoms with Gasteiger partial charge in [-0.05, 0) is 44.0 Å². The fraction of sp³-hybridized carbons (Fsp3) is 0.353. The molecule has 6 nitrogen and oxygen atoms in total. The SMILES string of the molecule is C[C@@H](NC(=O)Nc1ccc(N2CCCC2)nc1)c1ccccn1. The van der Waals surface area contributed by atoms with Crippen LogP contribution in [0.25, 0.3) is 0 Å². The van der Waals surface area contributed by atoms with Gasteiger partial charge in [-0.25, -0.2) is 9.78 Å². The van der Waals surface area contributed by atoms with Crippen LogP contribution in [0.15, 0.2) is 42.7 Å². The quantitative estimate of drug-likeness (QED) is 0.911. The molecule has 2 N–H and O–H groups in total. The molecular formula is C17H21N5O. The summed E-state index contributed by atoms with van der Waals surface area (Å²) in [4.78, 5) is 23.0. The van der Waals surface area contributed by atoms with Crippen molar-refractivity contribution in [2.75, 3.05) is 23.3 Å². The van der Waals surface area contributed by atoms with Crippen LogP contribution in [0.1, 0.15) is 31.5 Å². The lowest BCUT2D eigenvalue weighted by atomic mass is 10.2. The third-order valence-corrected chi connectivity index (χ3v) is 3.91. The number of rotatable bonds is 4. The number of anilines is 2. The predicted octanol–water partition coefficient (Wildman–Crippen LogP) is 2.96. The Kier molecular flexibility index (Phi) is 4.71. The number of aromatic nitrogens is 2. The first kappa shape index (κ1) is 15.3.